The van der Waals surface area contributed by atoms with Gasteiger partial charge in [0.1, 0.15) is 0 Å². The number of benzene rings is 2. The van der Waals surface area contributed by atoms with Crippen LogP contribution in [0.25, 0.3) is 11.1 Å². The van der Waals surface area contributed by atoms with E-state index >= 15 is 0 Å². The Labute approximate surface area is 165 Å². The Balaban J connectivity index is 1.57. The van der Waals surface area contributed by atoms with Crippen molar-refractivity contribution in [3.63, 3.8) is 0 Å². The molecule has 0 aromatic heterocycles. The van der Waals surface area contributed by atoms with Crippen molar-refractivity contribution in [3.8, 4) is 11.1 Å². The molecule has 28 heavy (non-hydrogen) atoms. The average molecular weight is 387 g/mol. The highest BCUT2D eigenvalue weighted by atomic mass is 19.4. The zero-order valence-corrected chi connectivity index (χ0v) is 16.2. The minimum Gasteiger partial charge on any atom is -0.302 e. The van der Waals surface area contributed by atoms with E-state index in [-0.39, 0.29) is 11.5 Å². The predicted octanol–water partition coefficient (Wildman–Crippen LogP) is 6.74. The molecule has 1 atom stereocenters. The van der Waals surface area contributed by atoms with Crippen molar-refractivity contribution in [3.05, 3.63) is 59.7 Å². The van der Waals surface area contributed by atoms with Gasteiger partial charge in [-0.05, 0) is 66.8 Å². The van der Waals surface area contributed by atoms with Crippen molar-refractivity contribution in [1.82, 2.24) is 4.90 Å². The molecule has 2 fully saturated rings. The normalized spacial score (nSPS) is 21.9. The average Bonchev–Trinajstić information content (AvgIpc) is 3.21. The van der Waals surface area contributed by atoms with Crippen molar-refractivity contribution in [2.75, 3.05) is 19.6 Å². The van der Waals surface area contributed by atoms with Crippen LogP contribution in [0.3, 0.4) is 0 Å². The molecule has 1 aliphatic heterocycles. The number of hydrogen-bond acceptors (Lipinski definition) is 1. The summed E-state index contributed by atoms with van der Waals surface area (Å²) in [5, 5.41) is 0. The van der Waals surface area contributed by atoms with E-state index in [1.807, 2.05) is 12.1 Å². The highest BCUT2D eigenvalue weighted by Crippen LogP contribution is 2.40. The number of nitrogens with zero attached hydrogens (tertiary/aromatic N) is 1. The first kappa shape index (κ1) is 19.5. The summed E-state index contributed by atoms with van der Waals surface area (Å²) in [6, 6.07) is 13.9. The first-order valence-corrected chi connectivity index (χ1v) is 10.5. The third kappa shape index (κ3) is 4.43. The Kier molecular flexibility index (Phi) is 5.77. The first-order valence-electron chi connectivity index (χ1n) is 10.5. The van der Waals surface area contributed by atoms with Crippen LogP contribution in [0.1, 0.15) is 55.6 Å². The minimum atomic E-state index is -4.35. The summed E-state index contributed by atoms with van der Waals surface area (Å²) >= 11 is 0. The van der Waals surface area contributed by atoms with Gasteiger partial charge < -0.3 is 4.90 Å². The molecule has 1 aliphatic carbocycles. The van der Waals surface area contributed by atoms with Crippen LogP contribution in [0.15, 0.2) is 48.5 Å². The molecular weight excluding hydrogens is 359 g/mol. The molecule has 0 spiro atoms. The lowest BCUT2D eigenvalue weighted by Crippen LogP contribution is -2.37. The summed E-state index contributed by atoms with van der Waals surface area (Å²) in [6.07, 6.45) is 2.98. The molecule has 1 saturated heterocycles. The molecule has 4 heteroatoms. The van der Waals surface area contributed by atoms with E-state index in [4.69, 9.17) is 0 Å². The lowest BCUT2D eigenvalue weighted by atomic mass is 9.87. The zero-order chi connectivity index (χ0) is 19.6. The van der Waals surface area contributed by atoms with Crippen LogP contribution in [0.2, 0.25) is 0 Å². The van der Waals surface area contributed by atoms with Crippen LogP contribution in [0.4, 0.5) is 13.2 Å². The summed E-state index contributed by atoms with van der Waals surface area (Å²) in [4.78, 5) is 2.49. The van der Waals surface area contributed by atoms with Gasteiger partial charge in [-0.15, -0.1) is 0 Å². The van der Waals surface area contributed by atoms with Crippen molar-refractivity contribution in [2.24, 2.45) is 5.92 Å². The van der Waals surface area contributed by atoms with Gasteiger partial charge in [-0.1, -0.05) is 55.3 Å². The van der Waals surface area contributed by atoms with Crippen LogP contribution in [-0.4, -0.2) is 24.5 Å². The number of piperidine rings is 1. The topological polar surface area (TPSA) is 3.24 Å². The van der Waals surface area contributed by atoms with E-state index in [1.165, 1.54) is 31.7 Å². The van der Waals surface area contributed by atoms with Gasteiger partial charge in [0.25, 0.3) is 0 Å². The minimum absolute atomic E-state index is 0.195. The van der Waals surface area contributed by atoms with Gasteiger partial charge >= 0.3 is 6.18 Å². The molecule has 0 bridgehead atoms. The fourth-order valence-corrected chi connectivity index (χ4v) is 4.97. The van der Waals surface area contributed by atoms with Crippen molar-refractivity contribution >= 4 is 0 Å². The number of likely N-dealkylation sites (tertiary alicyclic amines) is 1. The third-order valence-corrected chi connectivity index (χ3v) is 6.40. The van der Waals surface area contributed by atoms with Crippen LogP contribution in [-0.2, 0) is 6.18 Å². The second kappa shape index (κ2) is 8.28. The Hall–Kier alpha value is -1.81. The number of halogens is 3. The van der Waals surface area contributed by atoms with Crippen molar-refractivity contribution < 1.29 is 13.2 Å². The van der Waals surface area contributed by atoms with Crippen molar-refractivity contribution in [1.29, 1.82) is 0 Å². The molecule has 1 nitrogen and oxygen atoms in total. The fourth-order valence-electron chi connectivity index (χ4n) is 4.97. The number of alkyl halides is 3. The van der Waals surface area contributed by atoms with Crippen LogP contribution in [0, 0.1) is 5.92 Å². The molecule has 2 aromatic carbocycles. The quantitative estimate of drug-likeness (QED) is 0.561. The lowest BCUT2D eigenvalue weighted by Gasteiger charge is -2.35. The molecule has 2 aliphatic rings. The molecule has 1 saturated carbocycles. The molecule has 0 amide bonds. The van der Waals surface area contributed by atoms with E-state index in [2.05, 4.69) is 4.90 Å². The summed E-state index contributed by atoms with van der Waals surface area (Å²) in [6.45, 7) is 3.09. The molecule has 2 aromatic rings. The van der Waals surface area contributed by atoms with Crippen LogP contribution >= 0.6 is 0 Å². The van der Waals surface area contributed by atoms with Gasteiger partial charge in [0.05, 0.1) is 5.56 Å². The molecule has 4 rings (SSSR count). The van der Waals surface area contributed by atoms with Gasteiger partial charge in [0, 0.05) is 13.1 Å². The van der Waals surface area contributed by atoms with E-state index < -0.39 is 11.7 Å². The highest BCUT2D eigenvalue weighted by molar-refractivity contribution is 5.68. The standard InChI is InChI=1S/C24H28F3N/c25-24(26,27)23-15-20(12-13-22(23)19-9-2-1-3-10-19)21-11-6-14-28(17-21)16-18-7-4-5-8-18/h1-3,9-10,12-13,15,18,21H,4-8,11,14,16-17H2/t21-/m1/s1. The van der Waals surface area contributed by atoms with Crippen LogP contribution < -0.4 is 0 Å². The molecule has 0 unspecified atom stereocenters. The summed E-state index contributed by atoms with van der Waals surface area (Å²) in [5.41, 5.74) is 1.22. The Morgan fingerprint density at radius 1 is 0.893 bits per heavy atom. The van der Waals surface area contributed by atoms with Gasteiger partial charge in [0.15, 0.2) is 0 Å². The highest BCUT2D eigenvalue weighted by Gasteiger charge is 2.35. The smallest absolute Gasteiger partial charge is 0.302 e. The molecule has 0 radical (unpaired) electrons. The van der Waals surface area contributed by atoms with Gasteiger partial charge in [0.2, 0.25) is 0 Å². The van der Waals surface area contributed by atoms with E-state index in [0.29, 0.717) is 5.56 Å². The molecular formula is C24H28F3N. The summed E-state index contributed by atoms with van der Waals surface area (Å²) < 4.78 is 41.5. The largest absolute Gasteiger partial charge is 0.417 e. The Morgan fingerprint density at radius 3 is 2.36 bits per heavy atom. The Morgan fingerprint density at radius 2 is 1.64 bits per heavy atom. The SMILES string of the molecule is FC(F)(F)c1cc([C@@H]2CCCN(CC3CCCC3)C2)ccc1-c1ccccc1. The zero-order valence-electron chi connectivity index (χ0n) is 16.2. The second-order valence-electron chi connectivity index (χ2n) is 8.42. The maximum atomic E-state index is 13.8. The van der Waals surface area contributed by atoms with E-state index in [0.717, 1.165) is 44.0 Å². The first-order chi connectivity index (χ1) is 13.5. The maximum absolute atomic E-state index is 13.8. The van der Waals surface area contributed by atoms with E-state index in [1.54, 1.807) is 30.3 Å². The fraction of sp³-hybridized carbons (Fsp3) is 0.500. The van der Waals surface area contributed by atoms with E-state index in [9.17, 15) is 13.2 Å². The molecule has 150 valence electrons. The maximum Gasteiger partial charge on any atom is 0.417 e. The summed E-state index contributed by atoms with van der Waals surface area (Å²) in [5.74, 6) is 0.978. The summed E-state index contributed by atoms with van der Waals surface area (Å²) in [7, 11) is 0. The lowest BCUT2D eigenvalue weighted by molar-refractivity contribution is -0.137. The third-order valence-electron chi connectivity index (χ3n) is 6.40. The number of rotatable bonds is 4. The number of hydrogen-bond donors (Lipinski definition) is 0. The predicted molar refractivity (Wildman–Crippen MR) is 107 cm³/mol. The Bertz CT molecular complexity index is 778. The second-order valence-corrected chi connectivity index (χ2v) is 8.42. The molecule has 1 heterocycles. The molecule has 0 N–H and O–H groups in total. The van der Waals surface area contributed by atoms with Crippen LogP contribution in [0.5, 0.6) is 0 Å². The monoisotopic (exact) mass is 387 g/mol. The van der Waals surface area contributed by atoms with Gasteiger partial charge in [-0.25, -0.2) is 0 Å². The van der Waals surface area contributed by atoms with Crippen molar-refractivity contribution in [2.45, 2.75) is 50.6 Å². The van der Waals surface area contributed by atoms with Gasteiger partial charge in [-0.2, -0.15) is 13.2 Å². The van der Waals surface area contributed by atoms with Gasteiger partial charge in [-0.3, -0.25) is 0 Å².